The molecule has 0 aromatic heterocycles. The fourth-order valence-corrected chi connectivity index (χ4v) is 4.18. The lowest BCUT2D eigenvalue weighted by Crippen LogP contribution is -2.31. The molecule has 8 heteroatoms. The number of halogens is 2. The first kappa shape index (κ1) is 20.6. The SMILES string of the molecule is C=CCOc1ccc(/C=C2\SC(Nc3cc(Cl)ccc3OC)NC2=O)cc1Br. The first-order chi connectivity index (χ1) is 13.5. The fraction of sp³-hybridized carbons (Fsp3) is 0.150. The average Bonchev–Trinajstić information content (AvgIpc) is 3.00. The number of hydrogen-bond acceptors (Lipinski definition) is 5. The van der Waals surface area contributed by atoms with Gasteiger partial charge in [-0.2, -0.15) is 0 Å². The first-order valence-corrected chi connectivity index (χ1v) is 10.4. The zero-order valence-electron chi connectivity index (χ0n) is 15.0. The first-order valence-electron chi connectivity index (χ1n) is 8.32. The van der Waals surface area contributed by atoms with Crippen LogP contribution < -0.4 is 20.1 Å². The number of hydrogen-bond donors (Lipinski definition) is 2. The maximum Gasteiger partial charge on any atom is 0.260 e. The van der Waals surface area contributed by atoms with Crippen molar-refractivity contribution in [1.82, 2.24) is 5.32 Å². The van der Waals surface area contributed by atoms with Crippen LogP contribution in [0.2, 0.25) is 5.02 Å². The molecule has 1 fully saturated rings. The van der Waals surface area contributed by atoms with E-state index in [4.69, 9.17) is 21.1 Å². The standard InChI is InChI=1S/C20H18BrClN2O3S/c1-3-8-27-16-6-4-12(9-14(16)21)10-18-19(25)24-20(28-18)23-15-11-13(22)5-7-17(15)26-2/h3-7,9-11,20,23H,1,8H2,2H3,(H,24,25)/b18-10-. The Hall–Kier alpha value is -2.09. The summed E-state index contributed by atoms with van der Waals surface area (Å²) >= 11 is 10.9. The molecule has 5 nitrogen and oxygen atoms in total. The minimum atomic E-state index is -0.329. The molecule has 2 aromatic carbocycles. The van der Waals surface area contributed by atoms with Crippen molar-refractivity contribution in [3.8, 4) is 11.5 Å². The van der Waals surface area contributed by atoms with Crippen LogP contribution in [0.4, 0.5) is 5.69 Å². The van der Waals surface area contributed by atoms with Gasteiger partial charge in [0.05, 0.1) is 22.2 Å². The summed E-state index contributed by atoms with van der Waals surface area (Å²) < 4.78 is 11.7. The predicted octanol–water partition coefficient (Wildman–Crippen LogP) is 5.28. The van der Waals surface area contributed by atoms with Crippen molar-refractivity contribution >= 4 is 57.0 Å². The highest BCUT2D eigenvalue weighted by molar-refractivity contribution is 9.10. The van der Waals surface area contributed by atoms with Gasteiger partial charge in [-0.25, -0.2) is 0 Å². The maximum absolute atomic E-state index is 12.3. The lowest BCUT2D eigenvalue weighted by atomic mass is 10.2. The topological polar surface area (TPSA) is 59.6 Å². The summed E-state index contributed by atoms with van der Waals surface area (Å²) in [6.45, 7) is 4.06. The van der Waals surface area contributed by atoms with Crippen LogP contribution in [-0.4, -0.2) is 25.1 Å². The van der Waals surface area contributed by atoms with Crippen LogP contribution in [0.25, 0.3) is 6.08 Å². The van der Waals surface area contributed by atoms with E-state index in [1.54, 1.807) is 31.4 Å². The second kappa shape index (κ2) is 9.41. The molecule has 1 atom stereocenters. The molecule has 28 heavy (non-hydrogen) atoms. The summed E-state index contributed by atoms with van der Waals surface area (Å²) in [5.41, 5.74) is 1.27. The van der Waals surface area contributed by atoms with Crippen molar-refractivity contribution in [3.63, 3.8) is 0 Å². The Labute approximate surface area is 181 Å². The molecule has 1 heterocycles. The van der Waals surface area contributed by atoms with E-state index in [2.05, 4.69) is 33.1 Å². The van der Waals surface area contributed by atoms with E-state index in [0.717, 1.165) is 15.8 Å². The second-order valence-corrected chi connectivity index (χ2v) is 8.20. The van der Waals surface area contributed by atoms with Crippen LogP contribution >= 0.6 is 39.3 Å². The third-order valence-electron chi connectivity index (χ3n) is 3.79. The number of rotatable bonds is 7. The highest BCUT2D eigenvalue weighted by Crippen LogP contribution is 2.35. The number of anilines is 1. The predicted molar refractivity (Wildman–Crippen MR) is 119 cm³/mol. The molecule has 1 aliphatic heterocycles. The number of benzene rings is 2. The van der Waals surface area contributed by atoms with Crippen LogP contribution in [0.15, 0.2) is 58.4 Å². The highest BCUT2D eigenvalue weighted by Gasteiger charge is 2.27. The zero-order chi connectivity index (χ0) is 20.1. The van der Waals surface area contributed by atoms with Gasteiger partial charge in [0.2, 0.25) is 0 Å². The molecule has 1 unspecified atom stereocenters. The van der Waals surface area contributed by atoms with Crippen molar-refractivity contribution in [3.05, 3.63) is 69.0 Å². The molecule has 0 aliphatic carbocycles. The minimum absolute atomic E-state index is 0.147. The van der Waals surface area contributed by atoms with Gasteiger partial charge in [0.15, 0.2) is 5.50 Å². The molecule has 0 radical (unpaired) electrons. The van der Waals surface area contributed by atoms with Gasteiger partial charge in [0, 0.05) is 5.02 Å². The Kier molecular flexibility index (Phi) is 6.93. The van der Waals surface area contributed by atoms with E-state index in [0.29, 0.717) is 28.0 Å². The van der Waals surface area contributed by atoms with Gasteiger partial charge in [0.1, 0.15) is 18.1 Å². The van der Waals surface area contributed by atoms with Crippen LogP contribution in [-0.2, 0) is 4.79 Å². The lowest BCUT2D eigenvalue weighted by Gasteiger charge is -2.15. The Morgan fingerprint density at radius 3 is 2.82 bits per heavy atom. The monoisotopic (exact) mass is 480 g/mol. The van der Waals surface area contributed by atoms with Crippen molar-refractivity contribution in [2.24, 2.45) is 0 Å². The normalized spacial score (nSPS) is 17.3. The van der Waals surface area contributed by atoms with Crippen molar-refractivity contribution in [2.75, 3.05) is 19.0 Å². The number of ether oxygens (including phenoxy) is 2. The van der Waals surface area contributed by atoms with Gasteiger partial charge in [-0.05, 0) is 57.9 Å². The average molecular weight is 482 g/mol. The maximum atomic E-state index is 12.3. The van der Waals surface area contributed by atoms with Gasteiger partial charge in [-0.15, -0.1) is 0 Å². The minimum Gasteiger partial charge on any atom is -0.495 e. The molecule has 0 bridgehead atoms. The molecule has 0 spiro atoms. The Bertz CT molecular complexity index is 936. The third-order valence-corrected chi connectivity index (χ3v) is 5.67. The van der Waals surface area contributed by atoms with Crippen molar-refractivity contribution in [2.45, 2.75) is 5.50 Å². The number of carbonyl (C=O) groups is 1. The van der Waals surface area contributed by atoms with Gasteiger partial charge in [0.25, 0.3) is 5.91 Å². The largest absolute Gasteiger partial charge is 0.495 e. The third kappa shape index (κ3) is 5.04. The Balaban J connectivity index is 1.73. The van der Waals surface area contributed by atoms with E-state index < -0.39 is 0 Å². The summed E-state index contributed by atoms with van der Waals surface area (Å²) in [5, 5.41) is 6.71. The smallest absolute Gasteiger partial charge is 0.260 e. The quantitative estimate of drug-likeness (QED) is 0.416. The zero-order valence-corrected chi connectivity index (χ0v) is 18.2. The van der Waals surface area contributed by atoms with Crippen LogP contribution in [0.1, 0.15) is 5.56 Å². The summed E-state index contributed by atoms with van der Waals surface area (Å²) in [7, 11) is 1.58. The molecule has 2 aromatic rings. The molecule has 0 saturated carbocycles. The van der Waals surface area contributed by atoms with Crippen molar-refractivity contribution < 1.29 is 14.3 Å². The molecule has 3 rings (SSSR count). The van der Waals surface area contributed by atoms with E-state index in [1.807, 2.05) is 24.3 Å². The molecule has 1 aliphatic rings. The molecule has 2 N–H and O–H groups in total. The van der Waals surface area contributed by atoms with E-state index in [9.17, 15) is 4.79 Å². The van der Waals surface area contributed by atoms with Crippen molar-refractivity contribution in [1.29, 1.82) is 0 Å². The number of nitrogens with one attached hydrogen (secondary N) is 2. The number of methoxy groups -OCH3 is 1. The van der Waals surface area contributed by atoms with Gasteiger partial charge < -0.3 is 20.1 Å². The highest BCUT2D eigenvalue weighted by atomic mass is 79.9. The molecule has 146 valence electrons. The van der Waals surface area contributed by atoms with E-state index in [1.165, 1.54) is 11.8 Å². The van der Waals surface area contributed by atoms with Gasteiger partial charge >= 0.3 is 0 Å². The summed E-state index contributed by atoms with van der Waals surface area (Å²) in [6.07, 6.45) is 3.52. The van der Waals surface area contributed by atoms with Gasteiger partial charge in [-0.1, -0.05) is 42.1 Å². The number of amides is 1. The second-order valence-electron chi connectivity index (χ2n) is 5.76. The van der Waals surface area contributed by atoms with Crippen LogP contribution in [0.3, 0.4) is 0 Å². The van der Waals surface area contributed by atoms with E-state index >= 15 is 0 Å². The molecule has 1 saturated heterocycles. The van der Waals surface area contributed by atoms with Crippen LogP contribution in [0, 0.1) is 0 Å². The van der Waals surface area contributed by atoms with Crippen LogP contribution in [0.5, 0.6) is 11.5 Å². The molecular formula is C20H18BrClN2O3S. The summed E-state index contributed by atoms with van der Waals surface area (Å²) in [5.74, 6) is 1.22. The summed E-state index contributed by atoms with van der Waals surface area (Å²) in [4.78, 5) is 13.0. The summed E-state index contributed by atoms with van der Waals surface area (Å²) in [6, 6.07) is 10.9. The molecular weight excluding hydrogens is 464 g/mol. The fourth-order valence-electron chi connectivity index (χ4n) is 2.52. The number of carbonyl (C=O) groups excluding carboxylic acids is 1. The Morgan fingerprint density at radius 2 is 2.11 bits per heavy atom. The lowest BCUT2D eigenvalue weighted by molar-refractivity contribution is -0.116. The Morgan fingerprint density at radius 1 is 1.32 bits per heavy atom. The number of thioether (sulfide) groups is 1. The van der Waals surface area contributed by atoms with E-state index in [-0.39, 0.29) is 11.4 Å². The van der Waals surface area contributed by atoms with Gasteiger partial charge in [-0.3, -0.25) is 4.79 Å². The molecule has 1 amide bonds.